The number of ether oxygens (including phenoxy) is 1. The Kier molecular flexibility index (Phi) is 4.67. The van der Waals surface area contributed by atoms with Crippen molar-refractivity contribution in [2.24, 2.45) is 5.92 Å². The zero-order chi connectivity index (χ0) is 15.4. The third-order valence-corrected chi connectivity index (χ3v) is 3.45. The quantitative estimate of drug-likeness (QED) is 0.888. The Morgan fingerprint density at radius 3 is 2.71 bits per heavy atom. The lowest BCUT2D eigenvalue weighted by molar-refractivity contribution is -0.140. The first-order valence-electron chi connectivity index (χ1n) is 6.98. The summed E-state index contributed by atoms with van der Waals surface area (Å²) in [5, 5.41) is 11.7. The number of nitrogens with zero attached hydrogens (tertiary/aromatic N) is 1. The van der Waals surface area contributed by atoms with E-state index in [1.807, 2.05) is 24.3 Å². The standard InChI is InChI=1S/C15H20N2O4/c1-10(2)13(14(18)19)16-15(20)17-7-8-21-12-6-4-3-5-11(12)9-17/h3-6,10,13H,7-9H2,1-2H3,(H,16,20)(H,18,19)/t13-/m0/s1. The number of benzene rings is 1. The number of carboxylic acid groups (broad SMARTS) is 1. The molecule has 0 radical (unpaired) electrons. The third kappa shape index (κ3) is 3.65. The van der Waals surface area contributed by atoms with E-state index in [1.165, 1.54) is 0 Å². The van der Waals surface area contributed by atoms with Gasteiger partial charge in [-0.15, -0.1) is 0 Å². The minimum absolute atomic E-state index is 0.179. The molecular weight excluding hydrogens is 272 g/mol. The van der Waals surface area contributed by atoms with E-state index >= 15 is 0 Å². The van der Waals surface area contributed by atoms with Gasteiger partial charge in [0.2, 0.25) is 0 Å². The largest absolute Gasteiger partial charge is 0.491 e. The number of carbonyl (C=O) groups excluding carboxylic acids is 1. The van der Waals surface area contributed by atoms with Crippen LogP contribution in [0.2, 0.25) is 0 Å². The van der Waals surface area contributed by atoms with Gasteiger partial charge in [-0.05, 0) is 12.0 Å². The molecule has 0 unspecified atom stereocenters. The molecule has 2 amide bonds. The van der Waals surface area contributed by atoms with Gasteiger partial charge >= 0.3 is 12.0 Å². The summed E-state index contributed by atoms with van der Waals surface area (Å²) in [6, 6.07) is 6.27. The van der Waals surface area contributed by atoms with Crippen molar-refractivity contribution in [2.75, 3.05) is 13.2 Å². The molecule has 6 heteroatoms. The number of carboxylic acids is 1. The molecule has 2 rings (SSSR count). The molecule has 0 spiro atoms. The van der Waals surface area contributed by atoms with E-state index in [9.17, 15) is 9.59 Å². The topological polar surface area (TPSA) is 78.9 Å². The number of carbonyl (C=O) groups is 2. The van der Waals surface area contributed by atoms with E-state index in [-0.39, 0.29) is 11.9 Å². The third-order valence-electron chi connectivity index (χ3n) is 3.45. The fourth-order valence-corrected chi connectivity index (χ4v) is 2.24. The van der Waals surface area contributed by atoms with Gasteiger partial charge < -0.3 is 20.1 Å². The maximum Gasteiger partial charge on any atom is 0.326 e. The van der Waals surface area contributed by atoms with Crippen LogP contribution < -0.4 is 10.1 Å². The fourth-order valence-electron chi connectivity index (χ4n) is 2.24. The summed E-state index contributed by atoms with van der Waals surface area (Å²) in [7, 11) is 0. The Morgan fingerprint density at radius 1 is 1.33 bits per heavy atom. The van der Waals surface area contributed by atoms with Gasteiger partial charge in [-0.25, -0.2) is 9.59 Å². The molecule has 0 saturated heterocycles. The fraction of sp³-hybridized carbons (Fsp3) is 0.467. The predicted molar refractivity (Wildman–Crippen MR) is 77.1 cm³/mol. The van der Waals surface area contributed by atoms with Gasteiger partial charge in [0, 0.05) is 5.56 Å². The average Bonchev–Trinajstić information content (AvgIpc) is 2.65. The molecule has 0 fully saturated rings. The van der Waals surface area contributed by atoms with Crippen molar-refractivity contribution < 1.29 is 19.4 Å². The van der Waals surface area contributed by atoms with Crippen molar-refractivity contribution in [2.45, 2.75) is 26.4 Å². The summed E-state index contributed by atoms with van der Waals surface area (Å²) in [4.78, 5) is 25.0. The number of para-hydroxylation sites is 1. The van der Waals surface area contributed by atoms with Gasteiger partial charge in [-0.3, -0.25) is 0 Å². The highest BCUT2D eigenvalue weighted by molar-refractivity contribution is 5.82. The zero-order valence-corrected chi connectivity index (χ0v) is 12.2. The van der Waals surface area contributed by atoms with Gasteiger partial charge in [0.1, 0.15) is 18.4 Å². The molecule has 0 saturated carbocycles. The Balaban J connectivity index is 2.08. The highest BCUT2D eigenvalue weighted by atomic mass is 16.5. The smallest absolute Gasteiger partial charge is 0.326 e. The summed E-state index contributed by atoms with van der Waals surface area (Å²) in [6.45, 7) is 4.75. The number of rotatable bonds is 3. The maximum absolute atomic E-state index is 12.3. The zero-order valence-electron chi connectivity index (χ0n) is 12.2. The first-order valence-corrected chi connectivity index (χ1v) is 6.98. The second kappa shape index (κ2) is 6.47. The van der Waals surface area contributed by atoms with Crippen LogP contribution in [0, 0.1) is 5.92 Å². The van der Waals surface area contributed by atoms with Gasteiger partial charge in [-0.1, -0.05) is 32.0 Å². The Morgan fingerprint density at radius 2 is 2.05 bits per heavy atom. The number of urea groups is 1. The van der Waals surface area contributed by atoms with Gasteiger partial charge in [0.05, 0.1) is 13.1 Å². The maximum atomic E-state index is 12.3. The molecule has 0 aromatic heterocycles. The molecule has 1 aliphatic rings. The number of fused-ring (bicyclic) bond motifs is 1. The molecule has 6 nitrogen and oxygen atoms in total. The molecule has 21 heavy (non-hydrogen) atoms. The summed E-state index contributed by atoms with van der Waals surface area (Å²) in [5.74, 6) is -0.432. The van der Waals surface area contributed by atoms with E-state index < -0.39 is 12.0 Å². The predicted octanol–water partition coefficient (Wildman–Crippen LogP) is 1.70. The van der Waals surface area contributed by atoms with Crippen LogP contribution in [-0.4, -0.2) is 41.2 Å². The van der Waals surface area contributed by atoms with Crippen LogP contribution in [0.1, 0.15) is 19.4 Å². The van der Waals surface area contributed by atoms with E-state index in [0.29, 0.717) is 19.7 Å². The Labute approximate surface area is 123 Å². The van der Waals surface area contributed by atoms with Gasteiger partial charge in [0.15, 0.2) is 0 Å². The van der Waals surface area contributed by atoms with E-state index in [0.717, 1.165) is 11.3 Å². The van der Waals surface area contributed by atoms with E-state index in [4.69, 9.17) is 9.84 Å². The number of hydrogen-bond acceptors (Lipinski definition) is 3. The monoisotopic (exact) mass is 292 g/mol. The van der Waals surface area contributed by atoms with Crippen molar-refractivity contribution in [3.63, 3.8) is 0 Å². The van der Waals surface area contributed by atoms with Crippen LogP contribution in [-0.2, 0) is 11.3 Å². The van der Waals surface area contributed by atoms with Crippen LogP contribution in [0.25, 0.3) is 0 Å². The van der Waals surface area contributed by atoms with E-state index in [1.54, 1.807) is 18.7 Å². The minimum Gasteiger partial charge on any atom is -0.491 e. The lowest BCUT2D eigenvalue weighted by atomic mass is 10.1. The summed E-state index contributed by atoms with van der Waals surface area (Å²) >= 11 is 0. The molecule has 1 aromatic rings. The Hall–Kier alpha value is -2.24. The highest BCUT2D eigenvalue weighted by Gasteiger charge is 2.27. The van der Waals surface area contributed by atoms with Crippen molar-refractivity contribution in [3.8, 4) is 5.75 Å². The first-order chi connectivity index (χ1) is 9.99. The molecule has 1 aliphatic heterocycles. The van der Waals surface area contributed by atoms with Gasteiger partial charge in [-0.2, -0.15) is 0 Å². The minimum atomic E-state index is -1.02. The van der Waals surface area contributed by atoms with Crippen LogP contribution in [0.4, 0.5) is 4.79 Å². The molecule has 0 bridgehead atoms. The van der Waals surface area contributed by atoms with Crippen LogP contribution >= 0.6 is 0 Å². The molecule has 1 heterocycles. The SMILES string of the molecule is CC(C)[C@H](NC(=O)N1CCOc2ccccc2C1)C(=O)O. The van der Waals surface area contributed by atoms with Crippen LogP contribution in [0.5, 0.6) is 5.75 Å². The molecule has 114 valence electrons. The van der Waals surface area contributed by atoms with Crippen molar-refractivity contribution >= 4 is 12.0 Å². The Bertz CT molecular complexity index is 530. The number of amides is 2. The second-order valence-corrected chi connectivity index (χ2v) is 5.39. The first kappa shape index (κ1) is 15.2. The molecule has 1 aromatic carbocycles. The second-order valence-electron chi connectivity index (χ2n) is 5.39. The number of aliphatic carboxylic acids is 1. The number of hydrogen-bond donors (Lipinski definition) is 2. The highest BCUT2D eigenvalue weighted by Crippen LogP contribution is 2.22. The van der Waals surface area contributed by atoms with Crippen molar-refractivity contribution in [3.05, 3.63) is 29.8 Å². The lowest BCUT2D eigenvalue weighted by Crippen LogP contribution is -2.50. The van der Waals surface area contributed by atoms with Gasteiger partial charge in [0.25, 0.3) is 0 Å². The summed E-state index contributed by atoms with van der Waals surface area (Å²) in [6.07, 6.45) is 0. The summed E-state index contributed by atoms with van der Waals surface area (Å²) < 4.78 is 5.59. The summed E-state index contributed by atoms with van der Waals surface area (Å²) in [5.41, 5.74) is 0.918. The lowest BCUT2D eigenvalue weighted by Gasteiger charge is -2.24. The van der Waals surface area contributed by atoms with Crippen LogP contribution in [0.15, 0.2) is 24.3 Å². The molecule has 0 aliphatic carbocycles. The van der Waals surface area contributed by atoms with Crippen LogP contribution in [0.3, 0.4) is 0 Å². The number of nitrogens with one attached hydrogen (secondary N) is 1. The van der Waals surface area contributed by atoms with Crippen molar-refractivity contribution in [1.82, 2.24) is 10.2 Å². The van der Waals surface area contributed by atoms with Crippen molar-refractivity contribution in [1.29, 1.82) is 0 Å². The molecule has 2 N–H and O–H groups in total. The average molecular weight is 292 g/mol. The molecular formula is C15H20N2O4. The molecule has 1 atom stereocenters. The normalized spacial score (nSPS) is 15.7. The van der Waals surface area contributed by atoms with E-state index in [2.05, 4.69) is 5.32 Å².